The zero-order valence-corrected chi connectivity index (χ0v) is 15.3. The molecule has 2 aromatic rings. The van der Waals surface area contributed by atoms with Gasteiger partial charge in [0.25, 0.3) is 0 Å². The number of carbonyl (C=O) groups is 2. The SMILES string of the molecule is CC(=O)Nc1ccc(C(=O)C2CCN(/C=C/c3ccc(F)cc3)CC2)cc1. The molecule has 1 fully saturated rings. The topological polar surface area (TPSA) is 49.4 Å². The summed E-state index contributed by atoms with van der Waals surface area (Å²) in [6.07, 6.45) is 5.58. The number of amides is 1. The smallest absolute Gasteiger partial charge is 0.221 e. The molecule has 0 aromatic heterocycles. The van der Waals surface area contributed by atoms with Crippen LogP contribution in [-0.2, 0) is 4.79 Å². The van der Waals surface area contributed by atoms with E-state index >= 15 is 0 Å². The molecule has 0 aliphatic carbocycles. The fourth-order valence-electron chi connectivity index (χ4n) is 3.23. The monoisotopic (exact) mass is 366 g/mol. The van der Waals surface area contributed by atoms with Crippen molar-refractivity contribution in [2.45, 2.75) is 19.8 Å². The number of anilines is 1. The third-order valence-electron chi connectivity index (χ3n) is 4.74. The van der Waals surface area contributed by atoms with Crippen molar-refractivity contribution in [2.24, 2.45) is 5.92 Å². The maximum atomic E-state index is 12.9. The van der Waals surface area contributed by atoms with Gasteiger partial charge in [-0.3, -0.25) is 9.59 Å². The lowest BCUT2D eigenvalue weighted by Gasteiger charge is -2.30. The fraction of sp³-hybridized carbons (Fsp3) is 0.273. The van der Waals surface area contributed by atoms with Gasteiger partial charge in [0.05, 0.1) is 0 Å². The molecule has 5 heteroatoms. The Morgan fingerprint density at radius 3 is 2.26 bits per heavy atom. The van der Waals surface area contributed by atoms with E-state index in [2.05, 4.69) is 10.2 Å². The van der Waals surface area contributed by atoms with Gasteiger partial charge >= 0.3 is 0 Å². The summed E-state index contributed by atoms with van der Waals surface area (Å²) in [5, 5.41) is 2.70. The first-order valence-electron chi connectivity index (χ1n) is 9.11. The highest BCUT2D eigenvalue weighted by Crippen LogP contribution is 2.23. The highest BCUT2D eigenvalue weighted by molar-refractivity contribution is 5.98. The summed E-state index contributed by atoms with van der Waals surface area (Å²) >= 11 is 0. The van der Waals surface area contributed by atoms with Crippen LogP contribution >= 0.6 is 0 Å². The Morgan fingerprint density at radius 2 is 1.67 bits per heavy atom. The van der Waals surface area contributed by atoms with Crippen LogP contribution in [0.1, 0.15) is 35.7 Å². The summed E-state index contributed by atoms with van der Waals surface area (Å²) < 4.78 is 12.9. The van der Waals surface area contributed by atoms with Crippen molar-refractivity contribution >= 4 is 23.5 Å². The first-order valence-corrected chi connectivity index (χ1v) is 9.11. The number of benzene rings is 2. The number of likely N-dealkylation sites (tertiary alicyclic amines) is 1. The zero-order valence-electron chi connectivity index (χ0n) is 15.3. The minimum Gasteiger partial charge on any atom is -0.377 e. The summed E-state index contributed by atoms with van der Waals surface area (Å²) in [5.41, 5.74) is 2.33. The first-order chi connectivity index (χ1) is 13.0. The Hall–Kier alpha value is -2.95. The van der Waals surface area contributed by atoms with Gasteiger partial charge in [0, 0.05) is 37.2 Å². The Morgan fingerprint density at radius 1 is 1.04 bits per heavy atom. The Bertz CT molecular complexity index is 820. The van der Waals surface area contributed by atoms with Gasteiger partial charge in [0.15, 0.2) is 5.78 Å². The van der Waals surface area contributed by atoms with E-state index in [0.29, 0.717) is 11.3 Å². The van der Waals surface area contributed by atoms with Crippen LogP contribution in [0.2, 0.25) is 0 Å². The molecule has 1 N–H and O–H groups in total. The van der Waals surface area contributed by atoms with Crippen molar-refractivity contribution in [1.82, 2.24) is 4.90 Å². The molecule has 1 heterocycles. The summed E-state index contributed by atoms with van der Waals surface area (Å²) in [6, 6.07) is 13.4. The van der Waals surface area contributed by atoms with Gasteiger partial charge in [-0.05, 0) is 67.1 Å². The van der Waals surface area contributed by atoms with Gasteiger partial charge in [-0.1, -0.05) is 12.1 Å². The molecule has 1 saturated heterocycles. The summed E-state index contributed by atoms with van der Waals surface area (Å²) in [7, 11) is 0. The van der Waals surface area contributed by atoms with E-state index in [9.17, 15) is 14.0 Å². The molecule has 3 rings (SSSR count). The highest BCUT2D eigenvalue weighted by atomic mass is 19.1. The van der Waals surface area contributed by atoms with Gasteiger partial charge < -0.3 is 10.2 Å². The van der Waals surface area contributed by atoms with Crippen molar-refractivity contribution in [3.63, 3.8) is 0 Å². The number of piperidine rings is 1. The van der Waals surface area contributed by atoms with Crippen LogP contribution in [-0.4, -0.2) is 29.7 Å². The van der Waals surface area contributed by atoms with Crippen LogP contribution < -0.4 is 5.32 Å². The number of nitrogens with one attached hydrogen (secondary N) is 1. The Kier molecular flexibility index (Phi) is 6.01. The number of rotatable bonds is 5. The summed E-state index contributed by atoms with van der Waals surface area (Å²) in [5.74, 6) is -0.189. The van der Waals surface area contributed by atoms with Crippen LogP contribution in [0.4, 0.5) is 10.1 Å². The lowest BCUT2D eigenvalue weighted by atomic mass is 9.89. The van der Waals surface area contributed by atoms with E-state index in [0.717, 1.165) is 31.5 Å². The minimum atomic E-state index is -0.239. The predicted octanol–water partition coefficient (Wildman–Crippen LogP) is 4.35. The quantitative estimate of drug-likeness (QED) is 0.801. The van der Waals surface area contributed by atoms with Crippen molar-refractivity contribution in [1.29, 1.82) is 0 Å². The van der Waals surface area contributed by atoms with E-state index in [1.54, 1.807) is 36.4 Å². The first kappa shape index (κ1) is 18.8. The molecule has 4 nitrogen and oxygen atoms in total. The number of hydrogen-bond donors (Lipinski definition) is 1. The third kappa shape index (κ3) is 5.26. The summed E-state index contributed by atoms with van der Waals surface area (Å²) in [4.78, 5) is 25.9. The van der Waals surface area contributed by atoms with E-state index in [-0.39, 0.29) is 23.4 Å². The second-order valence-corrected chi connectivity index (χ2v) is 6.80. The standard InChI is InChI=1S/C22H23FN2O2/c1-16(26)24-21-8-4-18(5-9-21)22(27)19-11-14-25(15-12-19)13-10-17-2-6-20(23)7-3-17/h2-10,13,19H,11-12,14-15H2,1H3,(H,24,26)/b13-10+. The lowest BCUT2D eigenvalue weighted by molar-refractivity contribution is -0.114. The van der Waals surface area contributed by atoms with E-state index < -0.39 is 0 Å². The molecule has 0 saturated carbocycles. The number of Topliss-reactive ketones (excluding diaryl/α,β-unsaturated/α-hetero) is 1. The lowest BCUT2D eigenvalue weighted by Crippen LogP contribution is -2.33. The van der Waals surface area contributed by atoms with E-state index in [4.69, 9.17) is 0 Å². The molecule has 0 spiro atoms. The van der Waals surface area contributed by atoms with Crippen LogP contribution in [0.5, 0.6) is 0 Å². The molecule has 0 atom stereocenters. The maximum Gasteiger partial charge on any atom is 0.221 e. The molecule has 0 unspecified atom stereocenters. The van der Waals surface area contributed by atoms with Crippen molar-refractivity contribution in [2.75, 3.05) is 18.4 Å². The predicted molar refractivity (Wildman–Crippen MR) is 105 cm³/mol. The van der Waals surface area contributed by atoms with Crippen LogP contribution in [0, 0.1) is 11.7 Å². The zero-order chi connectivity index (χ0) is 19.2. The molecule has 27 heavy (non-hydrogen) atoms. The molecular formula is C22H23FN2O2. The van der Waals surface area contributed by atoms with Gasteiger partial charge in [-0.15, -0.1) is 0 Å². The second kappa shape index (κ2) is 8.62. The van der Waals surface area contributed by atoms with Gasteiger partial charge in [-0.25, -0.2) is 4.39 Å². The molecule has 1 aliphatic heterocycles. The molecule has 0 radical (unpaired) electrons. The van der Waals surface area contributed by atoms with Crippen molar-refractivity contribution < 1.29 is 14.0 Å². The van der Waals surface area contributed by atoms with E-state index in [1.807, 2.05) is 12.3 Å². The largest absolute Gasteiger partial charge is 0.377 e. The molecule has 1 amide bonds. The number of hydrogen-bond acceptors (Lipinski definition) is 3. The van der Waals surface area contributed by atoms with Gasteiger partial charge in [0.1, 0.15) is 5.82 Å². The van der Waals surface area contributed by atoms with E-state index in [1.165, 1.54) is 19.1 Å². The Balaban J connectivity index is 1.53. The van der Waals surface area contributed by atoms with Crippen molar-refractivity contribution in [3.05, 3.63) is 71.7 Å². The molecule has 0 bridgehead atoms. The normalized spacial score (nSPS) is 15.1. The molecule has 140 valence electrons. The summed E-state index contributed by atoms with van der Waals surface area (Å²) in [6.45, 7) is 3.09. The van der Waals surface area contributed by atoms with Crippen LogP contribution in [0.25, 0.3) is 6.08 Å². The van der Waals surface area contributed by atoms with Crippen LogP contribution in [0.15, 0.2) is 54.7 Å². The molecule has 2 aromatic carbocycles. The molecular weight excluding hydrogens is 343 g/mol. The average molecular weight is 366 g/mol. The van der Waals surface area contributed by atoms with Crippen molar-refractivity contribution in [3.8, 4) is 0 Å². The Labute approximate surface area is 158 Å². The third-order valence-corrected chi connectivity index (χ3v) is 4.74. The molecule has 1 aliphatic rings. The second-order valence-electron chi connectivity index (χ2n) is 6.80. The van der Waals surface area contributed by atoms with Gasteiger partial charge in [0.2, 0.25) is 5.91 Å². The van der Waals surface area contributed by atoms with Gasteiger partial charge in [-0.2, -0.15) is 0 Å². The fourth-order valence-corrected chi connectivity index (χ4v) is 3.23. The highest BCUT2D eigenvalue weighted by Gasteiger charge is 2.24. The number of halogens is 1. The minimum absolute atomic E-state index is 0.0205. The average Bonchev–Trinajstić information content (AvgIpc) is 2.67. The number of carbonyl (C=O) groups excluding carboxylic acids is 2. The van der Waals surface area contributed by atoms with Crippen LogP contribution in [0.3, 0.4) is 0 Å². The number of nitrogens with zero attached hydrogens (tertiary/aromatic N) is 1. The number of ketones is 1. The maximum absolute atomic E-state index is 12.9.